The van der Waals surface area contributed by atoms with Crippen molar-refractivity contribution in [3.8, 4) is 0 Å². The van der Waals surface area contributed by atoms with Gasteiger partial charge in [0.15, 0.2) is 0 Å². The molecule has 2 aliphatic rings. The number of carbonyl (C=O) groups is 2. The van der Waals surface area contributed by atoms with Gasteiger partial charge in [-0.3, -0.25) is 9.59 Å². The number of fused-ring (bicyclic) bond motifs is 1. The van der Waals surface area contributed by atoms with Crippen molar-refractivity contribution in [2.24, 2.45) is 28.6 Å². The van der Waals surface area contributed by atoms with E-state index in [4.69, 9.17) is 4.74 Å². The van der Waals surface area contributed by atoms with Gasteiger partial charge in [-0.1, -0.05) is 46.8 Å². The van der Waals surface area contributed by atoms with Crippen molar-refractivity contribution in [3.63, 3.8) is 0 Å². The molecule has 7 atom stereocenters. The van der Waals surface area contributed by atoms with E-state index in [0.29, 0.717) is 18.8 Å². The van der Waals surface area contributed by atoms with Crippen molar-refractivity contribution >= 4 is 29.2 Å². The predicted molar refractivity (Wildman–Crippen MR) is 139 cm³/mol. The number of thiazole rings is 1. The third-order valence-corrected chi connectivity index (χ3v) is 8.89. The summed E-state index contributed by atoms with van der Waals surface area (Å²) in [5, 5.41) is 24.7. The Morgan fingerprint density at radius 2 is 1.91 bits per heavy atom. The monoisotopic (exact) mass is 503 g/mol. The lowest BCUT2D eigenvalue weighted by molar-refractivity contribution is -0.154. The van der Waals surface area contributed by atoms with Crippen LogP contribution in [0.3, 0.4) is 0 Å². The Kier molecular flexibility index (Phi) is 8.45. The Morgan fingerprint density at radius 3 is 2.54 bits per heavy atom. The smallest absolute Gasteiger partial charge is 0.309 e. The molecule has 0 bridgehead atoms. The first-order valence-corrected chi connectivity index (χ1v) is 13.5. The number of carbonyl (C=O) groups excluding carboxylic acids is 2. The van der Waals surface area contributed by atoms with Gasteiger partial charge >= 0.3 is 5.97 Å². The molecule has 1 aromatic rings. The molecule has 1 aromatic heterocycles. The number of hydrogen-bond acceptors (Lipinski definition) is 7. The summed E-state index contributed by atoms with van der Waals surface area (Å²) in [5.74, 6) is -1.18. The highest BCUT2D eigenvalue weighted by molar-refractivity contribution is 7.09. The van der Waals surface area contributed by atoms with Gasteiger partial charge in [-0.2, -0.15) is 0 Å². The Balaban J connectivity index is 1.89. The maximum Gasteiger partial charge on any atom is 0.309 e. The van der Waals surface area contributed by atoms with Gasteiger partial charge in [0.2, 0.25) is 0 Å². The number of ketones is 1. The second-order valence-electron chi connectivity index (χ2n) is 11.5. The number of esters is 1. The van der Waals surface area contributed by atoms with Crippen LogP contribution in [0, 0.1) is 35.5 Å². The second kappa shape index (κ2) is 10.7. The lowest BCUT2D eigenvalue weighted by atomic mass is 9.73. The van der Waals surface area contributed by atoms with Crippen LogP contribution < -0.4 is 0 Å². The molecule has 2 N–H and O–H groups in total. The maximum absolute atomic E-state index is 13.2. The van der Waals surface area contributed by atoms with Crippen molar-refractivity contribution in [1.82, 2.24) is 4.98 Å². The Labute approximate surface area is 213 Å². The van der Waals surface area contributed by atoms with Crippen LogP contribution in [-0.2, 0) is 14.3 Å². The molecule has 194 valence electrons. The van der Waals surface area contributed by atoms with Crippen LogP contribution in [0.1, 0.15) is 77.9 Å². The molecule has 1 saturated carbocycles. The Morgan fingerprint density at radius 1 is 1.23 bits per heavy atom. The van der Waals surface area contributed by atoms with E-state index in [-0.39, 0.29) is 23.5 Å². The Hall–Kier alpha value is -1.83. The number of aliphatic hydroxyl groups excluding tert-OH is 2. The highest BCUT2D eigenvalue weighted by Gasteiger charge is 2.49. The summed E-state index contributed by atoms with van der Waals surface area (Å²) in [6.45, 7) is 13.0. The molecule has 0 aromatic carbocycles. The Bertz CT molecular complexity index is 995. The molecule has 0 spiro atoms. The number of hydrogen-bond donors (Lipinski definition) is 2. The highest BCUT2D eigenvalue weighted by atomic mass is 32.1. The van der Waals surface area contributed by atoms with E-state index < -0.39 is 35.6 Å². The molecule has 2 heterocycles. The van der Waals surface area contributed by atoms with Crippen molar-refractivity contribution in [3.05, 3.63) is 33.8 Å². The molecular weight excluding hydrogens is 462 g/mol. The van der Waals surface area contributed by atoms with Crippen molar-refractivity contribution in [1.29, 1.82) is 0 Å². The summed E-state index contributed by atoms with van der Waals surface area (Å²) in [6, 6.07) is 0. The summed E-state index contributed by atoms with van der Waals surface area (Å²) in [6.07, 6.45) is 5.91. The quantitative estimate of drug-likeness (QED) is 0.429. The van der Waals surface area contributed by atoms with Crippen molar-refractivity contribution < 1.29 is 24.5 Å². The number of aliphatic hydroxyl groups is 2. The van der Waals surface area contributed by atoms with Crippen LogP contribution >= 0.6 is 11.3 Å². The molecule has 0 saturated heterocycles. The van der Waals surface area contributed by atoms with Gasteiger partial charge in [0.25, 0.3) is 0 Å². The first kappa shape index (κ1) is 27.8. The lowest BCUT2D eigenvalue weighted by Gasteiger charge is -2.34. The van der Waals surface area contributed by atoms with E-state index in [1.54, 1.807) is 32.1 Å². The molecule has 0 unspecified atom stereocenters. The molecule has 0 radical (unpaired) electrons. The second-order valence-corrected chi connectivity index (χ2v) is 12.6. The fourth-order valence-corrected chi connectivity index (χ4v) is 5.67. The van der Waals surface area contributed by atoms with Crippen LogP contribution in [0.2, 0.25) is 0 Å². The van der Waals surface area contributed by atoms with Crippen LogP contribution in [-0.4, -0.2) is 45.3 Å². The molecule has 1 aliphatic heterocycles. The number of aromatic nitrogens is 1. The number of rotatable bonds is 2. The van der Waals surface area contributed by atoms with Crippen molar-refractivity contribution in [2.45, 2.75) is 92.5 Å². The van der Waals surface area contributed by atoms with Crippen LogP contribution in [0.4, 0.5) is 0 Å². The normalized spacial score (nSPS) is 37.9. The average Bonchev–Trinajstić information content (AvgIpc) is 3.22. The SMILES string of the molecule is C/C(=C\c1csc(C)n1)[C@@H]1C[C@@H]2C[C@]2(C)/C=C/C[C@H](C)[C@H](O)[C@@H](C)C(=O)C(C)(C)[C@@H](O)CC(=O)O1. The number of Topliss-reactive ketones (excluding diaryl/α,β-unsaturated/α-hetero) is 1. The average molecular weight is 504 g/mol. The summed E-state index contributed by atoms with van der Waals surface area (Å²) < 4.78 is 5.92. The van der Waals surface area contributed by atoms with E-state index in [0.717, 1.165) is 22.7 Å². The van der Waals surface area contributed by atoms with Gasteiger partial charge in [0.05, 0.1) is 34.7 Å². The molecular formula is C28H41NO5S. The van der Waals surface area contributed by atoms with E-state index in [2.05, 4.69) is 24.1 Å². The molecule has 3 rings (SSSR count). The van der Waals surface area contributed by atoms with Crippen molar-refractivity contribution in [2.75, 3.05) is 0 Å². The van der Waals surface area contributed by atoms with E-state index in [9.17, 15) is 19.8 Å². The molecule has 1 aliphatic carbocycles. The summed E-state index contributed by atoms with van der Waals surface area (Å²) >= 11 is 1.57. The van der Waals surface area contributed by atoms with Gasteiger partial charge in [0, 0.05) is 11.3 Å². The van der Waals surface area contributed by atoms with E-state index >= 15 is 0 Å². The van der Waals surface area contributed by atoms with E-state index in [1.165, 1.54) is 0 Å². The summed E-state index contributed by atoms with van der Waals surface area (Å²) in [7, 11) is 0. The topological polar surface area (TPSA) is 96.7 Å². The molecule has 1 fully saturated rings. The molecule has 7 heteroatoms. The maximum atomic E-state index is 13.2. The zero-order chi connectivity index (χ0) is 26.1. The first-order valence-electron chi connectivity index (χ1n) is 12.6. The van der Waals surface area contributed by atoms with Gasteiger partial charge in [-0.05, 0) is 62.0 Å². The fraction of sp³-hybridized carbons (Fsp3) is 0.679. The number of nitrogens with zero attached hydrogens (tertiary/aromatic N) is 1. The fourth-order valence-electron chi connectivity index (χ4n) is 5.10. The minimum Gasteiger partial charge on any atom is -0.458 e. The molecule has 0 amide bonds. The minimum atomic E-state index is -1.21. The summed E-state index contributed by atoms with van der Waals surface area (Å²) in [5.41, 5.74) is 0.588. The van der Waals surface area contributed by atoms with Gasteiger partial charge in [-0.25, -0.2) is 4.98 Å². The lowest BCUT2D eigenvalue weighted by Crippen LogP contribution is -2.45. The number of ether oxygens (including phenoxy) is 1. The standard InChI is InChI=1S/C28H41NO5S/c1-16-9-8-10-28(7)14-20(28)12-22(17(2)11-21-15-35-19(4)29-21)34-24(31)13-23(30)27(5,6)26(33)18(3)25(16)32/h8,10-11,15-16,18,20,22-23,25,30,32H,9,12-14H2,1-7H3/b10-8+,17-11+/t16-,18+,20+,22-,23-,25-,28-/m0/s1. The van der Waals surface area contributed by atoms with Crippen LogP contribution in [0.25, 0.3) is 6.08 Å². The van der Waals surface area contributed by atoms with Gasteiger partial charge in [0.1, 0.15) is 11.9 Å². The zero-order valence-corrected chi connectivity index (χ0v) is 22.9. The minimum absolute atomic E-state index is 0.0207. The largest absolute Gasteiger partial charge is 0.458 e. The number of aryl methyl sites for hydroxylation is 1. The number of allylic oxidation sites excluding steroid dienone is 2. The van der Waals surface area contributed by atoms with Gasteiger partial charge in [-0.15, -0.1) is 11.3 Å². The van der Waals surface area contributed by atoms with Gasteiger partial charge < -0.3 is 14.9 Å². The highest BCUT2D eigenvalue weighted by Crippen LogP contribution is 2.56. The number of cyclic esters (lactones) is 1. The molecule has 6 nitrogen and oxygen atoms in total. The predicted octanol–water partition coefficient (Wildman–Crippen LogP) is 5.12. The third kappa shape index (κ3) is 6.49. The zero-order valence-electron chi connectivity index (χ0n) is 22.1. The first-order chi connectivity index (χ1) is 16.2. The van der Waals surface area contributed by atoms with Crippen LogP contribution in [0.15, 0.2) is 23.1 Å². The summed E-state index contributed by atoms with van der Waals surface area (Å²) in [4.78, 5) is 30.7. The third-order valence-electron chi connectivity index (χ3n) is 8.09. The molecule has 35 heavy (non-hydrogen) atoms. The van der Waals surface area contributed by atoms with Crippen LogP contribution in [0.5, 0.6) is 0 Å². The van der Waals surface area contributed by atoms with E-state index in [1.807, 2.05) is 32.2 Å².